The fourth-order valence-corrected chi connectivity index (χ4v) is 4.55. The third kappa shape index (κ3) is 3.40. The molecule has 7 heteroatoms. The molecule has 0 saturated heterocycles. The number of aliphatic hydroxyl groups is 1. The number of pyridine rings is 1. The highest BCUT2D eigenvalue weighted by Gasteiger charge is 2.33. The van der Waals surface area contributed by atoms with E-state index < -0.39 is 10.0 Å². The van der Waals surface area contributed by atoms with Crippen LogP contribution in [0.4, 0.5) is 0 Å². The van der Waals surface area contributed by atoms with Gasteiger partial charge in [-0.2, -0.15) is 9.57 Å². The van der Waals surface area contributed by atoms with Crippen LogP contribution in [-0.4, -0.2) is 42.0 Å². The van der Waals surface area contributed by atoms with Gasteiger partial charge in [0, 0.05) is 18.8 Å². The van der Waals surface area contributed by atoms with E-state index in [9.17, 15) is 13.5 Å². The second-order valence-corrected chi connectivity index (χ2v) is 6.95. The standard InChI is InChI=1S/C14H19N3O3S/c15-11-13-14(7-4-8-16-13)21(19,20)17(9-10-18)12-5-2-1-3-6-12/h4,7-8,12,18H,1-3,5-6,9-10H2. The van der Waals surface area contributed by atoms with Crippen LogP contribution in [0.15, 0.2) is 23.2 Å². The Labute approximate surface area is 125 Å². The molecule has 1 N–H and O–H groups in total. The molecule has 0 spiro atoms. The van der Waals surface area contributed by atoms with Crippen LogP contribution < -0.4 is 0 Å². The zero-order valence-electron chi connectivity index (χ0n) is 11.8. The molecule has 1 aliphatic carbocycles. The molecule has 0 aliphatic heterocycles. The number of hydrogen-bond acceptors (Lipinski definition) is 5. The molecular formula is C14H19N3O3S. The maximum atomic E-state index is 12.8. The average molecular weight is 309 g/mol. The van der Waals surface area contributed by atoms with Crippen LogP contribution in [0, 0.1) is 11.3 Å². The summed E-state index contributed by atoms with van der Waals surface area (Å²) in [6.07, 6.45) is 6.07. The first-order chi connectivity index (χ1) is 10.1. The summed E-state index contributed by atoms with van der Waals surface area (Å²) in [4.78, 5) is 3.74. The van der Waals surface area contributed by atoms with E-state index in [-0.39, 0.29) is 29.8 Å². The van der Waals surface area contributed by atoms with Crippen molar-refractivity contribution < 1.29 is 13.5 Å². The number of sulfonamides is 1. The molecule has 1 aromatic heterocycles. The van der Waals surface area contributed by atoms with Crippen LogP contribution >= 0.6 is 0 Å². The normalized spacial score (nSPS) is 16.8. The number of nitriles is 1. The van der Waals surface area contributed by atoms with E-state index in [2.05, 4.69) is 4.98 Å². The molecule has 1 saturated carbocycles. The first kappa shape index (κ1) is 15.9. The van der Waals surface area contributed by atoms with E-state index in [1.807, 2.05) is 6.07 Å². The Bertz CT molecular complexity index is 619. The van der Waals surface area contributed by atoms with Crippen molar-refractivity contribution in [1.29, 1.82) is 5.26 Å². The Balaban J connectivity index is 2.40. The minimum atomic E-state index is -3.82. The predicted molar refractivity (Wildman–Crippen MR) is 76.8 cm³/mol. The SMILES string of the molecule is N#Cc1ncccc1S(=O)(=O)N(CCO)C1CCCCC1. The van der Waals surface area contributed by atoms with Crippen molar-refractivity contribution in [3.63, 3.8) is 0 Å². The Morgan fingerprint density at radius 3 is 2.71 bits per heavy atom. The van der Waals surface area contributed by atoms with Crippen LogP contribution in [0.25, 0.3) is 0 Å². The molecule has 0 radical (unpaired) electrons. The molecule has 0 unspecified atom stereocenters. The summed E-state index contributed by atoms with van der Waals surface area (Å²) >= 11 is 0. The molecular weight excluding hydrogens is 290 g/mol. The lowest BCUT2D eigenvalue weighted by Crippen LogP contribution is -2.43. The van der Waals surface area contributed by atoms with Gasteiger partial charge < -0.3 is 5.11 Å². The lowest BCUT2D eigenvalue weighted by atomic mass is 9.95. The Morgan fingerprint density at radius 1 is 1.38 bits per heavy atom. The van der Waals surface area contributed by atoms with Crippen LogP contribution in [-0.2, 0) is 10.0 Å². The van der Waals surface area contributed by atoms with Crippen LogP contribution in [0.3, 0.4) is 0 Å². The number of aliphatic hydroxyl groups excluding tert-OH is 1. The maximum Gasteiger partial charge on any atom is 0.246 e. The Hall–Kier alpha value is -1.49. The molecule has 2 rings (SSSR count). The number of hydrogen-bond donors (Lipinski definition) is 1. The molecule has 0 amide bonds. The average Bonchev–Trinajstić information content (AvgIpc) is 2.53. The van der Waals surface area contributed by atoms with Gasteiger partial charge in [0.05, 0.1) is 6.61 Å². The molecule has 0 aromatic carbocycles. The highest BCUT2D eigenvalue weighted by atomic mass is 32.2. The molecule has 21 heavy (non-hydrogen) atoms. The van der Waals surface area contributed by atoms with Crippen molar-refractivity contribution in [1.82, 2.24) is 9.29 Å². The van der Waals surface area contributed by atoms with Gasteiger partial charge in [0.25, 0.3) is 0 Å². The summed E-state index contributed by atoms with van der Waals surface area (Å²) in [6.45, 7) is -0.190. The topological polar surface area (TPSA) is 94.3 Å². The smallest absolute Gasteiger partial charge is 0.246 e. The zero-order valence-corrected chi connectivity index (χ0v) is 12.6. The van der Waals surface area contributed by atoms with Gasteiger partial charge in [-0.1, -0.05) is 19.3 Å². The van der Waals surface area contributed by atoms with E-state index in [1.54, 1.807) is 0 Å². The first-order valence-electron chi connectivity index (χ1n) is 7.09. The van der Waals surface area contributed by atoms with Gasteiger partial charge in [0.2, 0.25) is 10.0 Å². The Morgan fingerprint density at radius 2 is 2.10 bits per heavy atom. The summed E-state index contributed by atoms with van der Waals surface area (Å²) in [5, 5.41) is 18.3. The summed E-state index contributed by atoms with van der Waals surface area (Å²) in [5.41, 5.74) is -0.101. The molecule has 0 bridgehead atoms. The summed E-state index contributed by atoms with van der Waals surface area (Å²) < 4.78 is 27.0. The Kier molecular flexibility index (Phi) is 5.28. The van der Waals surface area contributed by atoms with E-state index in [0.717, 1.165) is 32.1 Å². The van der Waals surface area contributed by atoms with Gasteiger partial charge in [-0.15, -0.1) is 0 Å². The predicted octanol–water partition coefficient (Wildman–Crippen LogP) is 1.27. The van der Waals surface area contributed by atoms with E-state index in [1.165, 1.54) is 22.6 Å². The van der Waals surface area contributed by atoms with Gasteiger partial charge in [-0.25, -0.2) is 13.4 Å². The third-order valence-electron chi connectivity index (χ3n) is 3.77. The fourth-order valence-electron chi connectivity index (χ4n) is 2.78. The summed E-state index contributed by atoms with van der Waals surface area (Å²) in [6, 6.07) is 4.62. The van der Waals surface area contributed by atoms with Crippen LogP contribution in [0.2, 0.25) is 0 Å². The monoisotopic (exact) mass is 309 g/mol. The van der Waals surface area contributed by atoms with Crippen molar-refractivity contribution in [2.75, 3.05) is 13.2 Å². The van der Waals surface area contributed by atoms with Crippen molar-refractivity contribution in [3.05, 3.63) is 24.0 Å². The number of nitrogens with zero attached hydrogens (tertiary/aromatic N) is 3. The summed E-state index contributed by atoms with van der Waals surface area (Å²) in [7, 11) is -3.82. The molecule has 1 heterocycles. The number of aromatic nitrogens is 1. The van der Waals surface area contributed by atoms with Crippen molar-refractivity contribution in [2.45, 2.75) is 43.0 Å². The molecule has 1 fully saturated rings. The summed E-state index contributed by atoms with van der Waals surface area (Å²) in [5.74, 6) is 0. The third-order valence-corrected chi connectivity index (χ3v) is 5.75. The van der Waals surface area contributed by atoms with Crippen molar-refractivity contribution >= 4 is 10.0 Å². The van der Waals surface area contributed by atoms with Crippen LogP contribution in [0.1, 0.15) is 37.8 Å². The number of rotatable bonds is 5. The largest absolute Gasteiger partial charge is 0.395 e. The first-order valence-corrected chi connectivity index (χ1v) is 8.53. The molecule has 6 nitrogen and oxygen atoms in total. The quantitative estimate of drug-likeness (QED) is 0.884. The van der Waals surface area contributed by atoms with E-state index in [0.29, 0.717) is 0 Å². The van der Waals surface area contributed by atoms with Gasteiger partial charge in [0.15, 0.2) is 5.69 Å². The fraction of sp³-hybridized carbons (Fsp3) is 0.571. The lowest BCUT2D eigenvalue weighted by molar-refractivity contribution is 0.199. The van der Waals surface area contributed by atoms with Crippen LogP contribution in [0.5, 0.6) is 0 Å². The minimum absolute atomic E-state index is 0.0484. The molecule has 1 aromatic rings. The van der Waals surface area contributed by atoms with E-state index in [4.69, 9.17) is 5.26 Å². The van der Waals surface area contributed by atoms with Gasteiger partial charge in [-0.05, 0) is 25.0 Å². The maximum absolute atomic E-state index is 12.8. The minimum Gasteiger partial charge on any atom is -0.395 e. The van der Waals surface area contributed by atoms with E-state index >= 15 is 0 Å². The van der Waals surface area contributed by atoms with Gasteiger partial charge >= 0.3 is 0 Å². The highest BCUT2D eigenvalue weighted by Crippen LogP contribution is 2.28. The molecule has 1 aliphatic rings. The molecule has 0 atom stereocenters. The van der Waals surface area contributed by atoms with Crippen molar-refractivity contribution in [3.8, 4) is 6.07 Å². The zero-order chi connectivity index (χ0) is 15.3. The lowest BCUT2D eigenvalue weighted by Gasteiger charge is -2.33. The second-order valence-electron chi connectivity index (χ2n) is 5.09. The highest BCUT2D eigenvalue weighted by molar-refractivity contribution is 7.89. The van der Waals surface area contributed by atoms with Gasteiger partial charge in [-0.3, -0.25) is 0 Å². The van der Waals surface area contributed by atoms with Crippen molar-refractivity contribution in [2.24, 2.45) is 0 Å². The second kappa shape index (κ2) is 6.98. The van der Waals surface area contributed by atoms with Gasteiger partial charge in [0.1, 0.15) is 11.0 Å². The molecule has 114 valence electrons.